The van der Waals surface area contributed by atoms with Crippen molar-refractivity contribution in [2.45, 2.75) is 12.8 Å². The lowest BCUT2D eigenvalue weighted by Crippen LogP contribution is -2.45. The highest BCUT2D eigenvalue weighted by Crippen LogP contribution is 2.33. The maximum absolute atomic E-state index is 12.1. The molecule has 8 heteroatoms. The molecule has 0 aromatic heterocycles. The number of piperidine rings is 1. The number of carbonyl (C=O) groups is 2. The molecule has 0 aliphatic carbocycles. The Bertz CT molecular complexity index is 595. The molecule has 1 aromatic carbocycles. The van der Waals surface area contributed by atoms with E-state index in [2.05, 4.69) is 0 Å². The molecule has 1 unspecified atom stereocenters. The molecule has 1 saturated heterocycles. The van der Waals surface area contributed by atoms with Crippen LogP contribution >= 0.6 is 34.8 Å². The molecular weight excluding hydrogens is 351 g/mol. The zero-order valence-corrected chi connectivity index (χ0v) is 13.9. The quantitative estimate of drug-likeness (QED) is 0.834. The summed E-state index contributed by atoms with van der Waals surface area (Å²) in [6.07, 6.45) is 1.45. The van der Waals surface area contributed by atoms with Gasteiger partial charge in [0.05, 0.1) is 21.0 Å². The summed E-state index contributed by atoms with van der Waals surface area (Å²) in [6, 6.07) is 2.91. The summed E-state index contributed by atoms with van der Waals surface area (Å²) in [7, 11) is 0. The molecule has 1 aliphatic heterocycles. The maximum atomic E-state index is 12.1. The zero-order chi connectivity index (χ0) is 16.3. The minimum atomic E-state index is -0.383. The number of rotatable bonds is 4. The fourth-order valence-electron chi connectivity index (χ4n) is 2.28. The smallest absolute Gasteiger partial charge is 0.260 e. The van der Waals surface area contributed by atoms with Crippen LogP contribution in [0.15, 0.2) is 12.1 Å². The van der Waals surface area contributed by atoms with Crippen molar-refractivity contribution in [2.24, 2.45) is 11.7 Å². The molecule has 5 nitrogen and oxygen atoms in total. The number of nitrogens with zero attached hydrogens (tertiary/aromatic N) is 1. The van der Waals surface area contributed by atoms with Crippen molar-refractivity contribution >= 4 is 46.6 Å². The van der Waals surface area contributed by atoms with Crippen molar-refractivity contribution in [2.75, 3.05) is 19.7 Å². The van der Waals surface area contributed by atoms with Gasteiger partial charge in [0.15, 0.2) is 6.61 Å². The Balaban J connectivity index is 1.95. The second-order valence-electron chi connectivity index (χ2n) is 5.07. The normalized spacial score (nSPS) is 18.1. The summed E-state index contributed by atoms with van der Waals surface area (Å²) in [6.45, 7) is 0.719. The van der Waals surface area contributed by atoms with Crippen LogP contribution in [0.25, 0.3) is 0 Å². The van der Waals surface area contributed by atoms with Gasteiger partial charge in [0.1, 0.15) is 5.75 Å². The number of nitrogens with two attached hydrogens (primary N) is 1. The van der Waals surface area contributed by atoms with Crippen LogP contribution in [-0.4, -0.2) is 36.4 Å². The minimum Gasteiger partial charge on any atom is -0.482 e. The fourth-order valence-corrected chi connectivity index (χ4v) is 2.87. The van der Waals surface area contributed by atoms with E-state index in [1.54, 1.807) is 4.90 Å². The molecule has 1 fully saturated rings. The molecule has 0 saturated carbocycles. The number of amides is 2. The van der Waals surface area contributed by atoms with Gasteiger partial charge in [-0.05, 0) is 18.9 Å². The predicted molar refractivity (Wildman–Crippen MR) is 85.5 cm³/mol. The number of primary amides is 1. The number of hydrogen-bond donors (Lipinski definition) is 1. The highest BCUT2D eigenvalue weighted by atomic mass is 35.5. The lowest BCUT2D eigenvalue weighted by Gasteiger charge is -2.31. The molecule has 2 rings (SSSR count). The minimum absolute atomic E-state index is 0.191. The number of likely N-dealkylation sites (tertiary alicyclic amines) is 1. The molecule has 1 atom stereocenters. The summed E-state index contributed by atoms with van der Waals surface area (Å²) < 4.78 is 5.40. The van der Waals surface area contributed by atoms with Crippen molar-refractivity contribution in [3.8, 4) is 5.75 Å². The maximum Gasteiger partial charge on any atom is 0.260 e. The highest BCUT2D eigenvalue weighted by molar-refractivity contribution is 6.43. The molecule has 2 N–H and O–H groups in total. The van der Waals surface area contributed by atoms with Gasteiger partial charge in [0.2, 0.25) is 5.91 Å². The van der Waals surface area contributed by atoms with E-state index in [1.807, 2.05) is 0 Å². The topological polar surface area (TPSA) is 72.6 Å². The zero-order valence-electron chi connectivity index (χ0n) is 11.7. The number of halogens is 3. The monoisotopic (exact) mass is 364 g/mol. The third-order valence-corrected chi connectivity index (χ3v) is 4.52. The van der Waals surface area contributed by atoms with Crippen LogP contribution in [-0.2, 0) is 9.59 Å². The first-order valence-corrected chi connectivity index (χ1v) is 7.86. The Morgan fingerprint density at radius 3 is 2.59 bits per heavy atom. The first-order valence-electron chi connectivity index (χ1n) is 6.73. The summed E-state index contributed by atoms with van der Waals surface area (Å²) >= 11 is 17.7. The Morgan fingerprint density at radius 2 is 1.91 bits per heavy atom. The SMILES string of the molecule is NC(=O)C1CCCN(C(=O)COc2cc(Cl)c(Cl)cc2Cl)C1. The third kappa shape index (κ3) is 4.18. The highest BCUT2D eigenvalue weighted by Gasteiger charge is 2.27. The van der Waals surface area contributed by atoms with E-state index < -0.39 is 0 Å². The predicted octanol–water partition coefficient (Wildman–Crippen LogP) is 2.75. The summed E-state index contributed by atoms with van der Waals surface area (Å²) in [5, 5.41) is 0.877. The van der Waals surface area contributed by atoms with Crippen LogP contribution < -0.4 is 10.5 Å². The molecule has 1 aliphatic rings. The molecule has 1 aromatic rings. The summed E-state index contributed by atoms with van der Waals surface area (Å²) in [5.41, 5.74) is 5.29. The number of benzene rings is 1. The van der Waals surface area contributed by atoms with Crippen molar-refractivity contribution in [3.05, 3.63) is 27.2 Å². The second-order valence-corrected chi connectivity index (χ2v) is 6.29. The van der Waals surface area contributed by atoms with Gasteiger partial charge in [-0.3, -0.25) is 9.59 Å². The second kappa shape index (κ2) is 7.40. The largest absolute Gasteiger partial charge is 0.482 e. The number of hydrogen-bond acceptors (Lipinski definition) is 3. The van der Waals surface area contributed by atoms with Crippen molar-refractivity contribution in [3.63, 3.8) is 0 Å². The van der Waals surface area contributed by atoms with Gasteiger partial charge < -0.3 is 15.4 Å². The van der Waals surface area contributed by atoms with E-state index in [1.165, 1.54) is 12.1 Å². The average Bonchev–Trinajstić information content (AvgIpc) is 2.49. The van der Waals surface area contributed by atoms with Crippen LogP contribution in [0.1, 0.15) is 12.8 Å². The molecule has 120 valence electrons. The van der Waals surface area contributed by atoms with Crippen LogP contribution in [0.2, 0.25) is 15.1 Å². The van der Waals surface area contributed by atoms with Gasteiger partial charge in [-0.25, -0.2) is 0 Å². The first kappa shape index (κ1) is 17.2. The molecule has 0 spiro atoms. The molecule has 0 bridgehead atoms. The average molecular weight is 366 g/mol. The van der Waals surface area contributed by atoms with Crippen LogP contribution in [0.4, 0.5) is 0 Å². The van der Waals surface area contributed by atoms with Crippen LogP contribution in [0.5, 0.6) is 5.75 Å². The van der Waals surface area contributed by atoms with Gasteiger partial charge in [-0.2, -0.15) is 0 Å². The Morgan fingerprint density at radius 1 is 1.23 bits per heavy atom. The molecule has 2 amide bonds. The number of carbonyl (C=O) groups excluding carboxylic acids is 2. The molecule has 0 radical (unpaired) electrons. The molecule has 1 heterocycles. The van der Waals surface area contributed by atoms with Crippen LogP contribution in [0, 0.1) is 5.92 Å². The Kier molecular flexibility index (Phi) is 5.78. The Labute approximate surface area is 143 Å². The van der Waals surface area contributed by atoms with E-state index in [0.29, 0.717) is 29.6 Å². The van der Waals surface area contributed by atoms with Gasteiger partial charge in [0.25, 0.3) is 5.91 Å². The van der Waals surface area contributed by atoms with E-state index in [9.17, 15) is 9.59 Å². The fraction of sp³-hybridized carbons (Fsp3) is 0.429. The standard InChI is InChI=1S/C14H15Cl3N2O3/c15-9-4-11(17)12(5-10(9)16)22-7-13(20)19-3-1-2-8(6-19)14(18)21/h4-5,8H,1-3,6-7H2,(H2,18,21). The van der Waals surface area contributed by atoms with E-state index in [-0.39, 0.29) is 35.1 Å². The third-order valence-electron chi connectivity index (χ3n) is 3.50. The van der Waals surface area contributed by atoms with Gasteiger partial charge in [0, 0.05) is 19.2 Å². The lowest BCUT2D eigenvalue weighted by atomic mass is 9.97. The van der Waals surface area contributed by atoms with Crippen LogP contribution in [0.3, 0.4) is 0 Å². The Hall–Kier alpha value is -1.17. The van der Waals surface area contributed by atoms with Crippen molar-refractivity contribution in [1.82, 2.24) is 4.90 Å². The molecule has 22 heavy (non-hydrogen) atoms. The van der Waals surface area contributed by atoms with Gasteiger partial charge in [-0.15, -0.1) is 0 Å². The van der Waals surface area contributed by atoms with E-state index in [0.717, 1.165) is 6.42 Å². The first-order chi connectivity index (χ1) is 10.4. The summed E-state index contributed by atoms with van der Waals surface area (Å²) in [4.78, 5) is 24.9. The lowest BCUT2D eigenvalue weighted by molar-refractivity contribution is -0.136. The van der Waals surface area contributed by atoms with E-state index >= 15 is 0 Å². The van der Waals surface area contributed by atoms with Crippen molar-refractivity contribution < 1.29 is 14.3 Å². The van der Waals surface area contributed by atoms with Gasteiger partial charge >= 0.3 is 0 Å². The summed E-state index contributed by atoms with van der Waals surface area (Å²) in [5.74, 6) is -0.627. The molecular formula is C14H15Cl3N2O3. The van der Waals surface area contributed by atoms with E-state index in [4.69, 9.17) is 45.3 Å². The van der Waals surface area contributed by atoms with Crippen molar-refractivity contribution in [1.29, 1.82) is 0 Å². The number of ether oxygens (including phenoxy) is 1. The van der Waals surface area contributed by atoms with Gasteiger partial charge in [-0.1, -0.05) is 34.8 Å².